The summed E-state index contributed by atoms with van der Waals surface area (Å²) in [5.41, 5.74) is 1.72. The minimum atomic E-state index is -0.408. The van der Waals surface area contributed by atoms with Gasteiger partial charge in [0.25, 0.3) is 11.8 Å². The van der Waals surface area contributed by atoms with Crippen LogP contribution in [0.15, 0.2) is 48.2 Å². The van der Waals surface area contributed by atoms with Crippen molar-refractivity contribution in [3.8, 4) is 11.5 Å². The number of amides is 2. The van der Waals surface area contributed by atoms with Crippen LogP contribution in [0.3, 0.4) is 0 Å². The average molecular weight is 457 g/mol. The predicted octanol–water partition coefficient (Wildman–Crippen LogP) is 3.75. The second-order valence-electron chi connectivity index (χ2n) is 7.91. The van der Waals surface area contributed by atoms with Crippen LogP contribution in [0.25, 0.3) is 5.57 Å². The topological polar surface area (TPSA) is 68.3 Å². The maximum atomic E-state index is 13.7. The lowest BCUT2D eigenvalue weighted by molar-refractivity contribution is -0.121. The molecule has 2 unspecified atom stereocenters. The van der Waals surface area contributed by atoms with E-state index >= 15 is 0 Å². The van der Waals surface area contributed by atoms with Crippen molar-refractivity contribution < 1.29 is 23.8 Å². The maximum Gasteiger partial charge on any atom is 0.282 e. The van der Waals surface area contributed by atoms with Gasteiger partial charge in [-0.1, -0.05) is 23.7 Å². The Hall–Kier alpha value is -3.03. The van der Waals surface area contributed by atoms with Gasteiger partial charge in [-0.3, -0.25) is 9.59 Å². The summed E-state index contributed by atoms with van der Waals surface area (Å²) >= 11 is 6.06. The van der Waals surface area contributed by atoms with Gasteiger partial charge in [0.15, 0.2) is 0 Å². The van der Waals surface area contributed by atoms with Gasteiger partial charge in [0, 0.05) is 36.3 Å². The average Bonchev–Trinajstić information content (AvgIpc) is 3.03. The van der Waals surface area contributed by atoms with E-state index in [9.17, 15) is 9.59 Å². The lowest BCUT2D eigenvalue weighted by Crippen LogP contribution is -2.47. The molecule has 32 heavy (non-hydrogen) atoms. The van der Waals surface area contributed by atoms with Crippen molar-refractivity contribution in [1.82, 2.24) is 4.90 Å². The van der Waals surface area contributed by atoms with Gasteiger partial charge in [-0.25, -0.2) is 4.90 Å². The molecule has 2 aliphatic rings. The Labute approximate surface area is 192 Å². The molecule has 2 aliphatic heterocycles. The molecule has 7 nitrogen and oxygen atoms in total. The van der Waals surface area contributed by atoms with Crippen molar-refractivity contribution in [1.29, 1.82) is 0 Å². The molecule has 2 heterocycles. The molecule has 2 aromatic carbocycles. The first-order chi connectivity index (χ1) is 15.3. The maximum absolute atomic E-state index is 13.7. The third-order valence-electron chi connectivity index (χ3n) is 5.52. The van der Waals surface area contributed by atoms with Crippen LogP contribution in [0.2, 0.25) is 5.02 Å². The van der Waals surface area contributed by atoms with E-state index in [2.05, 4.69) is 0 Å². The van der Waals surface area contributed by atoms with Crippen LogP contribution in [0, 0.1) is 0 Å². The third kappa shape index (κ3) is 4.06. The van der Waals surface area contributed by atoms with Crippen LogP contribution in [-0.4, -0.2) is 56.2 Å². The monoisotopic (exact) mass is 456 g/mol. The Morgan fingerprint density at radius 2 is 1.47 bits per heavy atom. The van der Waals surface area contributed by atoms with Gasteiger partial charge in [0.05, 0.1) is 37.7 Å². The van der Waals surface area contributed by atoms with Gasteiger partial charge >= 0.3 is 0 Å². The van der Waals surface area contributed by atoms with E-state index in [-0.39, 0.29) is 12.2 Å². The molecule has 0 aliphatic carbocycles. The Morgan fingerprint density at radius 3 is 2.00 bits per heavy atom. The van der Waals surface area contributed by atoms with Crippen molar-refractivity contribution in [2.24, 2.45) is 0 Å². The fraction of sp³-hybridized carbons (Fsp3) is 0.333. The number of nitrogens with zero attached hydrogens (tertiary/aromatic N) is 2. The van der Waals surface area contributed by atoms with E-state index < -0.39 is 11.8 Å². The molecule has 0 aromatic heterocycles. The number of ether oxygens (including phenoxy) is 3. The van der Waals surface area contributed by atoms with E-state index in [1.54, 1.807) is 42.5 Å². The predicted molar refractivity (Wildman–Crippen MR) is 122 cm³/mol. The molecular weight excluding hydrogens is 432 g/mol. The second kappa shape index (κ2) is 8.84. The summed E-state index contributed by atoms with van der Waals surface area (Å²) in [6.45, 7) is 4.92. The number of hydrogen-bond acceptors (Lipinski definition) is 6. The minimum absolute atomic E-state index is 0.0772. The van der Waals surface area contributed by atoms with Crippen LogP contribution >= 0.6 is 11.6 Å². The number of imide groups is 1. The molecular formula is C24H25ClN2O5. The first-order valence-electron chi connectivity index (χ1n) is 10.3. The largest absolute Gasteiger partial charge is 0.497 e. The van der Waals surface area contributed by atoms with Crippen LogP contribution in [0.5, 0.6) is 11.5 Å². The van der Waals surface area contributed by atoms with E-state index in [0.717, 1.165) is 0 Å². The molecule has 0 N–H and O–H groups in total. The van der Waals surface area contributed by atoms with Crippen LogP contribution in [0.4, 0.5) is 5.69 Å². The summed E-state index contributed by atoms with van der Waals surface area (Å²) in [7, 11) is 3.04. The number of benzene rings is 2. The molecule has 0 spiro atoms. The number of carbonyl (C=O) groups is 2. The van der Waals surface area contributed by atoms with Crippen molar-refractivity contribution >= 4 is 34.7 Å². The van der Waals surface area contributed by atoms with Crippen LogP contribution < -0.4 is 14.4 Å². The SMILES string of the molecule is COc1cc(OC)cc(N2C(=O)C(c3ccc(Cl)cc3)=C(N3CC(C)OC(C)C3)C2=O)c1. The first kappa shape index (κ1) is 22.2. The molecule has 1 saturated heterocycles. The minimum Gasteiger partial charge on any atom is -0.497 e. The van der Waals surface area contributed by atoms with Gasteiger partial charge in [-0.2, -0.15) is 0 Å². The van der Waals surface area contributed by atoms with Gasteiger partial charge in [0.2, 0.25) is 0 Å². The van der Waals surface area contributed by atoms with Crippen molar-refractivity contribution in [2.75, 3.05) is 32.2 Å². The summed E-state index contributed by atoms with van der Waals surface area (Å²) in [4.78, 5) is 30.5. The van der Waals surface area contributed by atoms with Gasteiger partial charge in [-0.05, 0) is 31.5 Å². The van der Waals surface area contributed by atoms with E-state index in [4.69, 9.17) is 25.8 Å². The number of hydrogen-bond donors (Lipinski definition) is 0. The smallest absolute Gasteiger partial charge is 0.282 e. The summed E-state index contributed by atoms with van der Waals surface area (Å²) in [6.07, 6.45) is -0.154. The molecule has 0 saturated carbocycles. The highest BCUT2D eigenvalue weighted by molar-refractivity contribution is 6.45. The fourth-order valence-electron chi connectivity index (χ4n) is 4.20. The zero-order chi connectivity index (χ0) is 23.0. The van der Waals surface area contributed by atoms with Gasteiger partial charge in [0.1, 0.15) is 17.2 Å². The van der Waals surface area contributed by atoms with Gasteiger partial charge in [-0.15, -0.1) is 0 Å². The van der Waals surface area contributed by atoms with Gasteiger partial charge < -0.3 is 19.1 Å². The zero-order valence-electron chi connectivity index (χ0n) is 18.4. The Kier molecular flexibility index (Phi) is 6.13. The van der Waals surface area contributed by atoms with E-state index in [1.807, 2.05) is 18.7 Å². The molecule has 0 bridgehead atoms. The van der Waals surface area contributed by atoms with Crippen LogP contribution in [0.1, 0.15) is 19.4 Å². The van der Waals surface area contributed by atoms with Crippen molar-refractivity contribution in [2.45, 2.75) is 26.1 Å². The molecule has 2 atom stereocenters. The molecule has 1 fully saturated rings. The lowest BCUT2D eigenvalue weighted by Gasteiger charge is -2.37. The highest BCUT2D eigenvalue weighted by Crippen LogP contribution is 2.38. The quantitative estimate of drug-likeness (QED) is 0.638. The van der Waals surface area contributed by atoms with E-state index in [0.29, 0.717) is 52.1 Å². The first-order valence-corrected chi connectivity index (χ1v) is 10.7. The highest BCUT2D eigenvalue weighted by Gasteiger charge is 2.44. The molecule has 0 radical (unpaired) electrons. The number of morpholine rings is 1. The summed E-state index contributed by atoms with van der Waals surface area (Å²) in [6, 6.07) is 11.9. The molecule has 4 rings (SSSR count). The standard InChI is InChI=1S/C24H25ClN2O5/c1-14-12-26(13-15(2)32-14)22-21(16-5-7-17(25)8-6-16)23(28)27(24(22)29)18-9-19(30-3)11-20(10-18)31-4/h5-11,14-15H,12-13H2,1-4H3. The number of halogens is 1. The number of anilines is 1. The Morgan fingerprint density at radius 1 is 0.906 bits per heavy atom. The highest BCUT2D eigenvalue weighted by atomic mass is 35.5. The van der Waals surface area contributed by atoms with Crippen molar-refractivity contribution in [3.05, 3.63) is 58.7 Å². The Bertz CT molecular complexity index is 1050. The molecule has 2 amide bonds. The van der Waals surface area contributed by atoms with Crippen LogP contribution in [-0.2, 0) is 14.3 Å². The summed E-state index contributed by atoms with van der Waals surface area (Å²) < 4.78 is 16.5. The number of rotatable bonds is 5. The van der Waals surface area contributed by atoms with E-state index in [1.165, 1.54) is 19.1 Å². The fourth-order valence-corrected chi connectivity index (χ4v) is 4.33. The number of methoxy groups -OCH3 is 2. The summed E-state index contributed by atoms with van der Waals surface area (Å²) in [5, 5.41) is 0.552. The normalized spacial score (nSPS) is 21.4. The number of carbonyl (C=O) groups excluding carboxylic acids is 2. The second-order valence-corrected chi connectivity index (χ2v) is 8.35. The van der Waals surface area contributed by atoms with Crippen molar-refractivity contribution in [3.63, 3.8) is 0 Å². The molecule has 2 aromatic rings. The molecule has 8 heteroatoms. The third-order valence-corrected chi connectivity index (χ3v) is 5.77. The zero-order valence-corrected chi connectivity index (χ0v) is 19.2. The Balaban J connectivity index is 1.84. The summed E-state index contributed by atoms with van der Waals surface area (Å²) in [5.74, 6) is 0.163. The molecule has 168 valence electrons. The lowest BCUT2D eigenvalue weighted by atomic mass is 10.0.